The van der Waals surface area contributed by atoms with Crippen LogP contribution in [0.2, 0.25) is 0 Å². The second kappa shape index (κ2) is 9.82. The molecule has 1 saturated heterocycles. The smallest absolute Gasteiger partial charge is 0.237 e. The number of hydrogen-bond donors (Lipinski definition) is 1. The van der Waals surface area contributed by atoms with Gasteiger partial charge in [0, 0.05) is 40.3 Å². The lowest BCUT2D eigenvalue weighted by Crippen LogP contribution is -2.41. The molecule has 0 aromatic heterocycles. The molecular weight excluding hydrogens is 366 g/mol. The predicted molar refractivity (Wildman–Crippen MR) is 117 cm³/mol. The van der Waals surface area contributed by atoms with Gasteiger partial charge in [-0.2, -0.15) is 0 Å². The van der Waals surface area contributed by atoms with E-state index in [0.717, 1.165) is 38.0 Å². The number of hydrazine groups is 1. The van der Waals surface area contributed by atoms with Crippen molar-refractivity contribution in [3.8, 4) is 0 Å². The first-order valence-electron chi connectivity index (χ1n) is 9.99. The highest BCUT2D eigenvalue weighted by molar-refractivity contribution is 5.80. The number of hydrogen-bond acceptors (Lipinski definition) is 5. The van der Waals surface area contributed by atoms with Crippen LogP contribution in [0, 0.1) is 0 Å². The first-order valence-corrected chi connectivity index (χ1v) is 9.99. The van der Waals surface area contributed by atoms with Gasteiger partial charge >= 0.3 is 0 Å². The van der Waals surface area contributed by atoms with E-state index in [4.69, 9.17) is 10.6 Å². The third kappa shape index (κ3) is 5.76. The number of likely N-dealkylation sites (tertiary alicyclic amines) is 1. The van der Waals surface area contributed by atoms with E-state index in [1.165, 1.54) is 22.5 Å². The summed E-state index contributed by atoms with van der Waals surface area (Å²) in [5.74, 6) is 5.73. The molecule has 1 amide bonds. The third-order valence-electron chi connectivity index (χ3n) is 5.47. The molecule has 2 heterocycles. The number of nitrogens with zero attached hydrogens (tertiary/aromatic N) is 4. The summed E-state index contributed by atoms with van der Waals surface area (Å²) in [4.78, 5) is 21.0. The largest absolute Gasteiger partial charge is 0.380 e. The quantitative estimate of drug-likeness (QED) is 0.329. The average molecular weight is 398 g/mol. The van der Waals surface area contributed by atoms with Crippen LogP contribution in [0.5, 0.6) is 0 Å². The highest BCUT2D eigenvalue weighted by Gasteiger charge is 2.26. The molecule has 2 N–H and O–H groups in total. The molecule has 7 heteroatoms. The van der Waals surface area contributed by atoms with Crippen molar-refractivity contribution in [1.29, 1.82) is 0 Å². The van der Waals surface area contributed by atoms with Crippen LogP contribution in [0.15, 0.2) is 41.9 Å². The van der Waals surface area contributed by atoms with Gasteiger partial charge in [0.2, 0.25) is 5.91 Å². The van der Waals surface area contributed by atoms with Gasteiger partial charge < -0.3 is 14.6 Å². The second-order valence-corrected chi connectivity index (χ2v) is 7.63. The van der Waals surface area contributed by atoms with Crippen molar-refractivity contribution in [2.75, 3.05) is 46.9 Å². The summed E-state index contributed by atoms with van der Waals surface area (Å²) in [6.07, 6.45) is 5.82. The van der Waals surface area contributed by atoms with Gasteiger partial charge in [-0.3, -0.25) is 9.69 Å². The Morgan fingerprint density at radius 3 is 2.72 bits per heavy atom. The Labute approximate surface area is 173 Å². The van der Waals surface area contributed by atoms with Gasteiger partial charge in [-0.25, -0.2) is 10.8 Å². The van der Waals surface area contributed by atoms with Crippen LogP contribution < -0.4 is 5.84 Å². The van der Waals surface area contributed by atoms with E-state index >= 15 is 0 Å². The van der Waals surface area contributed by atoms with Crippen LogP contribution in [0.4, 0.5) is 0 Å². The summed E-state index contributed by atoms with van der Waals surface area (Å²) in [7, 11) is 3.45. The molecule has 0 unspecified atom stereocenters. The summed E-state index contributed by atoms with van der Waals surface area (Å²) < 4.78 is 5.38. The molecule has 156 valence electrons. The summed E-state index contributed by atoms with van der Waals surface area (Å²) >= 11 is 0. The molecule has 2 aliphatic heterocycles. The second-order valence-electron chi connectivity index (χ2n) is 7.63. The van der Waals surface area contributed by atoms with Crippen molar-refractivity contribution in [1.82, 2.24) is 14.8 Å². The monoisotopic (exact) mass is 397 g/mol. The van der Waals surface area contributed by atoms with Gasteiger partial charge in [-0.1, -0.05) is 36.9 Å². The summed E-state index contributed by atoms with van der Waals surface area (Å²) in [6.45, 7) is 7.66. The molecule has 3 rings (SSSR count). The standard InChI is InChI=1S/C22H31N5O2/c1-17(24-16-25(2)23)18-4-6-19(7-5-18)20-8-12-27(13-9-20)22(28)15-26-11-10-21(14-26)29-3/h4-8,16,21H,1,9-15,23H2,2-3H3/t21-/m0/s1. The summed E-state index contributed by atoms with van der Waals surface area (Å²) in [6, 6.07) is 8.20. The number of rotatable bonds is 7. The first kappa shape index (κ1) is 21.2. The van der Waals surface area contributed by atoms with Crippen LogP contribution in [-0.2, 0) is 9.53 Å². The van der Waals surface area contributed by atoms with Crippen LogP contribution in [-0.4, -0.2) is 80.0 Å². The maximum absolute atomic E-state index is 12.6. The Kier molecular flexibility index (Phi) is 7.19. The molecule has 1 atom stereocenters. The Balaban J connectivity index is 1.54. The van der Waals surface area contributed by atoms with E-state index in [9.17, 15) is 4.79 Å². The fourth-order valence-corrected chi connectivity index (χ4v) is 3.69. The Hall–Kier alpha value is -2.48. The lowest BCUT2D eigenvalue weighted by atomic mass is 9.98. The number of nitrogens with two attached hydrogens (primary N) is 1. The number of methoxy groups -OCH3 is 1. The zero-order chi connectivity index (χ0) is 20.8. The molecule has 0 spiro atoms. The van der Waals surface area contributed by atoms with E-state index < -0.39 is 0 Å². The Morgan fingerprint density at radius 1 is 1.38 bits per heavy atom. The maximum atomic E-state index is 12.6. The molecular formula is C22H31N5O2. The maximum Gasteiger partial charge on any atom is 0.237 e. The van der Waals surface area contributed by atoms with Crippen LogP contribution >= 0.6 is 0 Å². The van der Waals surface area contributed by atoms with Crippen LogP contribution in [0.25, 0.3) is 11.3 Å². The zero-order valence-electron chi connectivity index (χ0n) is 17.4. The minimum absolute atomic E-state index is 0.200. The molecule has 29 heavy (non-hydrogen) atoms. The van der Waals surface area contributed by atoms with Crippen molar-refractivity contribution in [3.05, 3.63) is 48.0 Å². The minimum Gasteiger partial charge on any atom is -0.380 e. The van der Waals surface area contributed by atoms with Gasteiger partial charge in [0.05, 0.1) is 18.3 Å². The number of carbonyl (C=O) groups is 1. The molecule has 0 bridgehead atoms. The number of ether oxygens (including phenoxy) is 1. The topological polar surface area (TPSA) is 74.4 Å². The van der Waals surface area contributed by atoms with Crippen molar-refractivity contribution in [2.45, 2.75) is 18.9 Å². The molecule has 0 radical (unpaired) electrons. The third-order valence-corrected chi connectivity index (χ3v) is 5.47. The Morgan fingerprint density at radius 2 is 2.14 bits per heavy atom. The fourth-order valence-electron chi connectivity index (χ4n) is 3.69. The molecule has 7 nitrogen and oxygen atoms in total. The normalized spacial score (nSPS) is 20.2. The van der Waals surface area contributed by atoms with Gasteiger partial charge in [-0.05, 0) is 29.5 Å². The predicted octanol–water partition coefficient (Wildman–Crippen LogP) is 1.83. The Bertz CT molecular complexity index is 785. The van der Waals surface area contributed by atoms with Gasteiger partial charge in [-0.15, -0.1) is 0 Å². The number of carbonyl (C=O) groups excluding carboxylic acids is 1. The van der Waals surface area contributed by atoms with Gasteiger partial charge in [0.25, 0.3) is 0 Å². The van der Waals surface area contributed by atoms with E-state index in [1.54, 1.807) is 14.2 Å². The molecule has 0 saturated carbocycles. The minimum atomic E-state index is 0.200. The van der Waals surface area contributed by atoms with Crippen molar-refractivity contribution >= 4 is 23.5 Å². The van der Waals surface area contributed by atoms with E-state index in [0.29, 0.717) is 18.8 Å². The lowest BCUT2D eigenvalue weighted by Gasteiger charge is -2.28. The highest BCUT2D eigenvalue weighted by Crippen LogP contribution is 2.24. The number of benzene rings is 1. The van der Waals surface area contributed by atoms with Crippen LogP contribution in [0.1, 0.15) is 24.0 Å². The molecule has 1 aromatic rings. The lowest BCUT2D eigenvalue weighted by molar-refractivity contribution is -0.131. The molecule has 1 aromatic carbocycles. The van der Waals surface area contributed by atoms with Crippen molar-refractivity contribution in [3.63, 3.8) is 0 Å². The number of aliphatic imine (C=N–C) groups is 1. The molecule has 1 fully saturated rings. The summed E-state index contributed by atoms with van der Waals surface area (Å²) in [5.41, 5.74) is 4.08. The SMILES string of the molecule is C=C(N=CN(C)N)c1ccc(C2=CCN(C(=O)CN3CC[C@H](OC)C3)CC2)cc1. The van der Waals surface area contributed by atoms with E-state index in [-0.39, 0.29) is 12.0 Å². The van der Waals surface area contributed by atoms with Crippen molar-refractivity contribution < 1.29 is 9.53 Å². The van der Waals surface area contributed by atoms with Gasteiger partial charge in [0.15, 0.2) is 0 Å². The van der Waals surface area contributed by atoms with Gasteiger partial charge in [0.1, 0.15) is 6.34 Å². The molecule has 0 aliphatic carbocycles. The van der Waals surface area contributed by atoms with Crippen LogP contribution in [0.3, 0.4) is 0 Å². The zero-order valence-corrected chi connectivity index (χ0v) is 17.4. The average Bonchev–Trinajstić information content (AvgIpc) is 3.19. The van der Waals surface area contributed by atoms with Crippen molar-refractivity contribution in [2.24, 2.45) is 10.8 Å². The fraction of sp³-hybridized carbons (Fsp3) is 0.455. The molecule has 2 aliphatic rings. The summed E-state index contributed by atoms with van der Waals surface area (Å²) in [5, 5.41) is 1.39. The van der Waals surface area contributed by atoms with E-state index in [1.807, 2.05) is 17.0 Å². The first-order chi connectivity index (χ1) is 14.0. The number of amides is 1. The highest BCUT2D eigenvalue weighted by atomic mass is 16.5. The van der Waals surface area contributed by atoms with E-state index in [2.05, 4.69) is 34.7 Å².